The van der Waals surface area contributed by atoms with Gasteiger partial charge >= 0.3 is 0 Å². The largest absolute Gasteiger partial charge is 0.377 e. The van der Waals surface area contributed by atoms with E-state index >= 15 is 0 Å². The molecule has 2 fully saturated rings. The van der Waals surface area contributed by atoms with Crippen LogP contribution in [0.15, 0.2) is 9.95 Å². The van der Waals surface area contributed by atoms with Crippen molar-refractivity contribution < 1.29 is 9.47 Å². The van der Waals surface area contributed by atoms with Gasteiger partial charge in [-0.1, -0.05) is 11.8 Å². The molecule has 1 aliphatic carbocycles. The van der Waals surface area contributed by atoms with E-state index in [0.717, 1.165) is 72.9 Å². The van der Waals surface area contributed by atoms with E-state index in [1.807, 2.05) is 4.57 Å². The second-order valence-electron chi connectivity index (χ2n) is 8.14. The van der Waals surface area contributed by atoms with Gasteiger partial charge in [-0.15, -0.1) is 11.3 Å². The average Bonchev–Trinajstić information content (AvgIpc) is 3.37. The minimum Gasteiger partial charge on any atom is -0.377 e. The Morgan fingerprint density at radius 2 is 1.86 bits per heavy atom. The summed E-state index contributed by atoms with van der Waals surface area (Å²) in [7, 11) is 0. The zero-order chi connectivity index (χ0) is 18.9. The summed E-state index contributed by atoms with van der Waals surface area (Å²) in [6.07, 6.45) is 10.6. The van der Waals surface area contributed by atoms with Gasteiger partial charge in [0.25, 0.3) is 5.56 Å². The first-order valence-corrected chi connectivity index (χ1v) is 12.5. The van der Waals surface area contributed by atoms with Crippen LogP contribution in [-0.4, -0.2) is 40.7 Å². The van der Waals surface area contributed by atoms with Crippen LogP contribution in [-0.2, 0) is 28.9 Å². The summed E-state index contributed by atoms with van der Waals surface area (Å²) in [6, 6.07) is 0. The Bertz CT molecular complexity index is 895. The third-order valence-corrected chi connectivity index (χ3v) is 8.42. The molecule has 2 aromatic heterocycles. The Labute approximate surface area is 173 Å². The number of aromatic nitrogens is 2. The molecule has 5 nitrogen and oxygen atoms in total. The first-order valence-electron chi connectivity index (χ1n) is 10.7. The van der Waals surface area contributed by atoms with Crippen molar-refractivity contribution in [2.45, 2.75) is 81.7 Å². The maximum absolute atomic E-state index is 13.6. The topological polar surface area (TPSA) is 53.3 Å². The minimum atomic E-state index is 0.136. The third kappa shape index (κ3) is 3.78. The maximum atomic E-state index is 13.6. The van der Waals surface area contributed by atoms with Crippen LogP contribution in [0.3, 0.4) is 0 Å². The molecule has 0 N–H and O–H groups in total. The second-order valence-corrected chi connectivity index (χ2v) is 10.2. The van der Waals surface area contributed by atoms with Crippen LogP contribution in [0.4, 0.5) is 0 Å². The Morgan fingerprint density at radius 1 is 1.04 bits per heavy atom. The highest BCUT2D eigenvalue weighted by Crippen LogP contribution is 2.35. The van der Waals surface area contributed by atoms with E-state index in [9.17, 15) is 4.79 Å². The lowest BCUT2D eigenvalue weighted by molar-refractivity contribution is 0.0315. The minimum absolute atomic E-state index is 0.136. The highest BCUT2D eigenvalue weighted by molar-refractivity contribution is 7.99. The zero-order valence-electron chi connectivity index (χ0n) is 16.3. The van der Waals surface area contributed by atoms with Crippen LogP contribution < -0.4 is 5.56 Å². The lowest BCUT2D eigenvalue weighted by Crippen LogP contribution is -2.29. The Morgan fingerprint density at radius 3 is 2.68 bits per heavy atom. The normalized spacial score (nSPS) is 25.3. The second kappa shape index (κ2) is 8.46. The van der Waals surface area contributed by atoms with E-state index in [0.29, 0.717) is 6.54 Å². The van der Waals surface area contributed by atoms with Crippen LogP contribution in [0.25, 0.3) is 10.2 Å². The molecule has 7 heteroatoms. The van der Waals surface area contributed by atoms with Gasteiger partial charge in [0.05, 0.1) is 24.1 Å². The molecular formula is C21H28N2O3S2. The van der Waals surface area contributed by atoms with Crippen LogP contribution in [0.5, 0.6) is 0 Å². The first-order chi connectivity index (χ1) is 13.8. The van der Waals surface area contributed by atoms with Crippen molar-refractivity contribution in [3.8, 4) is 0 Å². The lowest BCUT2D eigenvalue weighted by Gasteiger charge is -2.23. The van der Waals surface area contributed by atoms with Crippen molar-refractivity contribution in [1.29, 1.82) is 0 Å². The van der Waals surface area contributed by atoms with E-state index in [2.05, 4.69) is 0 Å². The van der Waals surface area contributed by atoms with E-state index in [4.69, 9.17) is 14.5 Å². The molecule has 0 bridgehead atoms. The third-order valence-electron chi connectivity index (χ3n) is 6.12. The highest BCUT2D eigenvalue weighted by atomic mass is 32.2. The fourth-order valence-corrected chi connectivity index (χ4v) is 6.97. The quantitative estimate of drug-likeness (QED) is 0.537. The number of nitrogens with zero attached hydrogens (tertiary/aromatic N) is 2. The number of hydrogen-bond acceptors (Lipinski definition) is 6. The zero-order valence-corrected chi connectivity index (χ0v) is 17.9. The van der Waals surface area contributed by atoms with Crippen LogP contribution in [0.2, 0.25) is 0 Å². The molecule has 2 aromatic rings. The molecule has 0 radical (unpaired) electrons. The molecule has 0 amide bonds. The summed E-state index contributed by atoms with van der Waals surface area (Å²) in [6.45, 7) is 2.29. The van der Waals surface area contributed by atoms with Gasteiger partial charge < -0.3 is 9.47 Å². The monoisotopic (exact) mass is 420 g/mol. The molecule has 2 atom stereocenters. The van der Waals surface area contributed by atoms with Crippen LogP contribution in [0.1, 0.15) is 55.4 Å². The number of thioether (sulfide) groups is 1. The summed E-state index contributed by atoms with van der Waals surface area (Å²) in [5.74, 6) is 0.870. The SMILES string of the molecule is O=c1c2c3c(sc2nc(SC[C@@H]2CCCCO2)n1C[C@H]1CCCO1)CCCC3. The molecule has 2 saturated heterocycles. The summed E-state index contributed by atoms with van der Waals surface area (Å²) in [5, 5.41) is 1.73. The predicted molar refractivity (Wildman–Crippen MR) is 114 cm³/mol. The summed E-state index contributed by atoms with van der Waals surface area (Å²) < 4.78 is 13.7. The number of ether oxygens (including phenoxy) is 2. The molecule has 2 aliphatic heterocycles. The average molecular weight is 421 g/mol. The van der Waals surface area contributed by atoms with Gasteiger partial charge in [-0.05, 0) is 63.4 Å². The van der Waals surface area contributed by atoms with Crippen molar-refractivity contribution in [1.82, 2.24) is 9.55 Å². The Kier molecular flexibility index (Phi) is 5.77. The predicted octanol–water partition coefficient (Wildman–Crippen LogP) is 4.18. The van der Waals surface area contributed by atoms with Gasteiger partial charge in [-0.2, -0.15) is 0 Å². The number of rotatable bonds is 5. The van der Waals surface area contributed by atoms with E-state index in [-0.39, 0.29) is 17.8 Å². The van der Waals surface area contributed by atoms with Gasteiger partial charge in [-0.25, -0.2) is 4.98 Å². The molecule has 0 unspecified atom stereocenters. The molecule has 28 heavy (non-hydrogen) atoms. The molecule has 3 aliphatic rings. The molecule has 5 rings (SSSR count). The number of aryl methyl sites for hydroxylation is 2. The number of thiophene rings is 1. The van der Waals surface area contributed by atoms with Crippen molar-refractivity contribution in [3.63, 3.8) is 0 Å². The van der Waals surface area contributed by atoms with E-state index < -0.39 is 0 Å². The maximum Gasteiger partial charge on any atom is 0.263 e. The van der Waals surface area contributed by atoms with Gasteiger partial charge in [-0.3, -0.25) is 9.36 Å². The van der Waals surface area contributed by atoms with Crippen LogP contribution >= 0.6 is 23.1 Å². The van der Waals surface area contributed by atoms with Gasteiger partial charge in [0.2, 0.25) is 0 Å². The number of hydrogen-bond donors (Lipinski definition) is 0. The smallest absolute Gasteiger partial charge is 0.263 e. The standard InChI is InChI=1S/C21H28N2O3S2/c24-20-18-16-8-1-2-9-17(16)28-19(18)22-21(23(20)12-14-7-5-11-25-14)27-13-15-6-3-4-10-26-15/h14-15H,1-13H2/t14-,15+/m1/s1. The van der Waals surface area contributed by atoms with E-state index in [1.54, 1.807) is 23.1 Å². The first kappa shape index (κ1) is 19.1. The van der Waals surface area contributed by atoms with E-state index in [1.165, 1.54) is 29.7 Å². The fourth-order valence-electron chi connectivity index (χ4n) is 4.59. The van der Waals surface area contributed by atoms with Crippen LogP contribution in [0, 0.1) is 0 Å². The molecule has 152 valence electrons. The van der Waals surface area contributed by atoms with Gasteiger partial charge in [0.15, 0.2) is 5.16 Å². The summed E-state index contributed by atoms with van der Waals surface area (Å²) in [4.78, 5) is 20.9. The van der Waals surface area contributed by atoms with Crippen molar-refractivity contribution in [3.05, 3.63) is 20.8 Å². The number of fused-ring (bicyclic) bond motifs is 3. The molecular weight excluding hydrogens is 392 g/mol. The van der Waals surface area contributed by atoms with Gasteiger partial charge in [0.1, 0.15) is 4.83 Å². The summed E-state index contributed by atoms with van der Waals surface area (Å²) in [5.41, 5.74) is 1.42. The van der Waals surface area contributed by atoms with Crippen molar-refractivity contribution >= 4 is 33.3 Å². The van der Waals surface area contributed by atoms with Crippen molar-refractivity contribution in [2.24, 2.45) is 0 Å². The molecule has 0 spiro atoms. The van der Waals surface area contributed by atoms with Gasteiger partial charge in [0, 0.05) is 23.8 Å². The summed E-state index contributed by atoms with van der Waals surface area (Å²) >= 11 is 3.43. The Balaban J connectivity index is 1.50. The molecule has 0 saturated carbocycles. The lowest BCUT2D eigenvalue weighted by atomic mass is 9.97. The molecule has 0 aromatic carbocycles. The van der Waals surface area contributed by atoms with Crippen molar-refractivity contribution in [2.75, 3.05) is 19.0 Å². The fraction of sp³-hybridized carbons (Fsp3) is 0.714. The molecule has 4 heterocycles. The highest BCUT2D eigenvalue weighted by Gasteiger charge is 2.25. The Hall–Kier alpha value is -0.890.